The van der Waals surface area contributed by atoms with E-state index in [-0.39, 0.29) is 0 Å². The summed E-state index contributed by atoms with van der Waals surface area (Å²) in [4.78, 5) is 9.20. The monoisotopic (exact) mass is 328 g/mol. The molecule has 0 N–H and O–H groups in total. The van der Waals surface area contributed by atoms with Gasteiger partial charge < -0.3 is 0 Å². The molecule has 0 aliphatic rings. The van der Waals surface area contributed by atoms with Gasteiger partial charge in [0, 0.05) is 0 Å². The standard InChI is InChI=1S/C16H11N4.Ga/c1-2-6-12(7-3-1)20-10-15(17-11-20)16-18-13-8-4-5-9-14(13)19-16;/h1-11H;/q-1;+1. The molecule has 0 fully saturated rings. The van der Waals surface area contributed by atoms with Crippen LogP contribution in [0.3, 0.4) is 0 Å². The SMILES string of the molecule is [Ga][n]1c(-c2cn(-c3ccccc3)cn2)nc2ccccc21. The summed E-state index contributed by atoms with van der Waals surface area (Å²) < 4.78 is 4.15. The summed E-state index contributed by atoms with van der Waals surface area (Å²) in [5.74, 6) is 0.908. The van der Waals surface area contributed by atoms with Crippen molar-refractivity contribution in [3.63, 3.8) is 0 Å². The molecule has 2 heterocycles. The predicted molar refractivity (Wildman–Crippen MR) is 83.4 cm³/mol. The topological polar surface area (TPSA) is 35.6 Å². The summed E-state index contributed by atoms with van der Waals surface area (Å²) in [6.45, 7) is 0. The molecule has 0 unspecified atom stereocenters. The van der Waals surface area contributed by atoms with Crippen LogP contribution >= 0.6 is 0 Å². The molecule has 0 spiro atoms. The Morgan fingerprint density at radius 3 is 2.48 bits per heavy atom. The van der Waals surface area contributed by atoms with Crippen LogP contribution in [0.15, 0.2) is 67.1 Å². The van der Waals surface area contributed by atoms with Crippen LogP contribution in [-0.4, -0.2) is 36.6 Å². The number of imidazole rings is 2. The summed E-state index contributed by atoms with van der Waals surface area (Å²) in [5.41, 5.74) is 4.13. The van der Waals surface area contributed by atoms with Crippen molar-refractivity contribution in [2.45, 2.75) is 0 Å². The van der Waals surface area contributed by atoms with Crippen molar-refractivity contribution in [3.05, 3.63) is 67.1 Å². The molecule has 2 aromatic carbocycles. The Morgan fingerprint density at radius 1 is 0.905 bits per heavy atom. The van der Waals surface area contributed by atoms with Gasteiger partial charge in [0.1, 0.15) is 0 Å². The summed E-state index contributed by atoms with van der Waals surface area (Å²) in [5, 5.41) is 0. The van der Waals surface area contributed by atoms with E-state index in [9.17, 15) is 0 Å². The van der Waals surface area contributed by atoms with Crippen LogP contribution < -0.4 is 0 Å². The molecule has 0 aliphatic carbocycles. The Hall–Kier alpha value is -2.24. The van der Waals surface area contributed by atoms with Crippen molar-refractivity contribution in [1.82, 2.24) is 17.8 Å². The molecular formula is C16H11GaN4. The Bertz CT molecular complexity index is 908. The van der Waals surface area contributed by atoms with E-state index in [1.165, 1.54) is 18.8 Å². The van der Waals surface area contributed by atoms with Crippen LogP contribution in [-0.2, 0) is 0 Å². The first kappa shape index (κ1) is 12.5. The average molecular weight is 329 g/mol. The maximum absolute atomic E-state index is 4.69. The van der Waals surface area contributed by atoms with Crippen molar-refractivity contribution < 1.29 is 0 Å². The van der Waals surface area contributed by atoms with Gasteiger partial charge in [-0.3, -0.25) is 0 Å². The average Bonchev–Trinajstić information content (AvgIpc) is 3.14. The van der Waals surface area contributed by atoms with Crippen LogP contribution in [0.4, 0.5) is 0 Å². The van der Waals surface area contributed by atoms with E-state index in [0.29, 0.717) is 0 Å². The van der Waals surface area contributed by atoms with Gasteiger partial charge in [0.15, 0.2) is 0 Å². The molecule has 4 rings (SSSR count). The van der Waals surface area contributed by atoms with E-state index in [1.54, 1.807) is 0 Å². The zero-order valence-corrected chi connectivity index (χ0v) is 13.6. The van der Waals surface area contributed by atoms with E-state index in [1.807, 2.05) is 53.5 Å². The van der Waals surface area contributed by atoms with Crippen LogP contribution in [0.1, 0.15) is 0 Å². The molecule has 21 heavy (non-hydrogen) atoms. The third kappa shape index (κ3) is 2.11. The molecule has 0 saturated heterocycles. The number of fused-ring (bicyclic) bond motifs is 1. The summed E-state index contributed by atoms with van der Waals surface area (Å²) in [6.07, 6.45) is 3.85. The van der Waals surface area contributed by atoms with Gasteiger partial charge in [-0.1, -0.05) is 0 Å². The molecule has 0 bridgehead atoms. The molecule has 2 aromatic heterocycles. The van der Waals surface area contributed by atoms with Gasteiger partial charge in [-0.05, 0) is 0 Å². The molecule has 98 valence electrons. The summed E-state index contributed by atoms with van der Waals surface area (Å²) >= 11 is 1.51. The van der Waals surface area contributed by atoms with Crippen LogP contribution in [0, 0.1) is 0 Å². The fourth-order valence-electron chi connectivity index (χ4n) is 2.40. The number of hydrogen-bond donors (Lipinski definition) is 0. The van der Waals surface area contributed by atoms with Gasteiger partial charge in [0.05, 0.1) is 0 Å². The predicted octanol–water partition coefficient (Wildman–Crippen LogP) is 2.82. The quantitative estimate of drug-likeness (QED) is 0.530. The van der Waals surface area contributed by atoms with Crippen molar-refractivity contribution >= 4 is 29.9 Å². The Kier molecular flexibility index (Phi) is 2.94. The fraction of sp³-hybridized carbons (Fsp3) is 0. The van der Waals surface area contributed by atoms with Gasteiger partial charge >= 0.3 is 132 Å². The van der Waals surface area contributed by atoms with Gasteiger partial charge in [-0.25, -0.2) is 0 Å². The molecule has 0 amide bonds. The molecular weight excluding hydrogens is 318 g/mol. The Morgan fingerprint density at radius 2 is 1.67 bits per heavy atom. The van der Waals surface area contributed by atoms with Crippen molar-refractivity contribution in [2.75, 3.05) is 0 Å². The van der Waals surface area contributed by atoms with Crippen LogP contribution in [0.5, 0.6) is 0 Å². The van der Waals surface area contributed by atoms with E-state index >= 15 is 0 Å². The van der Waals surface area contributed by atoms with Crippen molar-refractivity contribution in [1.29, 1.82) is 0 Å². The number of hydrogen-bond acceptors (Lipinski definition) is 2. The Balaban J connectivity index is 1.83. The second kappa shape index (κ2) is 4.94. The number of benzene rings is 2. The van der Waals surface area contributed by atoms with Gasteiger partial charge in [0.2, 0.25) is 0 Å². The third-order valence-electron chi connectivity index (χ3n) is 3.46. The number of para-hydroxylation sites is 3. The van der Waals surface area contributed by atoms with Gasteiger partial charge in [-0.15, -0.1) is 0 Å². The number of rotatable bonds is 2. The first-order valence-electron chi connectivity index (χ1n) is 6.65. The maximum atomic E-state index is 4.69. The third-order valence-corrected chi connectivity index (χ3v) is 4.56. The summed E-state index contributed by atoms with van der Waals surface area (Å²) in [6, 6.07) is 18.3. The Labute approximate surface area is 132 Å². The van der Waals surface area contributed by atoms with Crippen molar-refractivity contribution in [3.8, 4) is 17.2 Å². The van der Waals surface area contributed by atoms with E-state index < -0.39 is 0 Å². The molecule has 2 radical (unpaired) electrons. The number of aromatic nitrogens is 4. The zero-order valence-electron chi connectivity index (χ0n) is 11.2. The van der Waals surface area contributed by atoms with Crippen LogP contribution in [0.2, 0.25) is 0 Å². The van der Waals surface area contributed by atoms with E-state index in [4.69, 9.17) is 4.98 Å². The zero-order chi connectivity index (χ0) is 14.2. The molecule has 4 aromatic rings. The minimum absolute atomic E-state index is 0.888. The summed E-state index contributed by atoms with van der Waals surface area (Å²) in [7, 11) is 0. The van der Waals surface area contributed by atoms with Crippen LogP contribution in [0.25, 0.3) is 28.2 Å². The molecule has 4 nitrogen and oxygen atoms in total. The second-order valence-electron chi connectivity index (χ2n) is 4.80. The molecule has 0 atom stereocenters. The molecule has 5 heteroatoms. The van der Waals surface area contributed by atoms with Crippen molar-refractivity contribution in [2.24, 2.45) is 0 Å². The second-order valence-corrected chi connectivity index (χ2v) is 5.88. The molecule has 0 saturated carbocycles. The first-order valence-corrected chi connectivity index (χ1v) is 7.73. The fourth-order valence-corrected chi connectivity index (χ4v) is 3.26. The van der Waals surface area contributed by atoms with E-state index in [0.717, 1.165) is 28.2 Å². The molecule has 0 aliphatic heterocycles. The van der Waals surface area contributed by atoms with Gasteiger partial charge in [0.25, 0.3) is 0 Å². The van der Waals surface area contributed by atoms with E-state index in [2.05, 4.69) is 26.5 Å². The minimum atomic E-state index is 0.888. The number of nitrogens with zero attached hydrogens (tertiary/aromatic N) is 4. The normalized spacial score (nSPS) is 11.0. The first-order chi connectivity index (χ1) is 10.3. The van der Waals surface area contributed by atoms with Gasteiger partial charge in [-0.2, -0.15) is 0 Å².